The Kier molecular flexibility index (Phi) is 4.64. The van der Waals surface area contributed by atoms with E-state index in [0.29, 0.717) is 11.9 Å². The zero-order chi connectivity index (χ0) is 12.1. The summed E-state index contributed by atoms with van der Waals surface area (Å²) in [5.74, 6) is 0.834. The summed E-state index contributed by atoms with van der Waals surface area (Å²) in [5, 5.41) is 20.8. The smallest absolute Gasteiger partial charge is 0.223 e. The maximum absolute atomic E-state index is 9.20. The number of nitrogens with zero attached hydrogens (tertiary/aromatic N) is 2. The molecule has 0 spiro atoms. The Balaban J connectivity index is 2.72. The third-order valence-corrected chi connectivity index (χ3v) is 2.17. The van der Waals surface area contributed by atoms with E-state index in [1.165, 1.54) is 0 Å². The first-order valence-electron chi connectivity index (χ1n) is 5.41. The van der Waals surface area contributed by atoms with Gasteiger partial charge in [-0.3, -0.25) is 0 Å². The van der Waals surface area contributed by atoms with E-state index >= 15 is 0 Å². The molecular weight excluding hydrogens is 206 g/mol. The summed E-state index contributed by atoms with van der Waals surface area (Å²) in [7, 11) is 0. The second-order valence-electron chi connectivity index (χ2n) is 4.13. The van der Waals surface area contributed by atoms with Crippen molar-refractivity contribution in [1.82, 2.24) is 9.97 Å². The second kappa shape index (κ2) is 5.77. The molecule has 5 nitrogen and oxygen atoms in total. The average molecular weight is 225 g/mol. The fraction of sp³-hybridized carbons (Fsp3) is 0.636. The molecule has 0 radical (unpaired) electrons. The van der Waals surface area contributed by atoms with Crippen LogP contribution in [0.25, 0.3) is 0 Å². The Morgan fingerprint density at radius 2 is 2.06 bits per heavy atom. The van der Waals surface area contributed by atoms with Crippen LogP contribution in [0, 0.1) is 6.92 Å². The molecule has 16 heavy (non-hydrogen) atoms. The Hall–Kier alpha value is -1.20. The van der Waals surface area contributed by atoms with E-state index < -0.39 is 6.10 Å². The summed E-state index contributed by atoms with van der Waals surface area (Å²) in [6.45, 7) is 6.01. The molecule has 1 aromatic heterocycles. The number of aliphatic hydroxyl groups excluding tert-OH is 2. The van der Waals surface area contributed by atoms with E-state index in [9.17, 15) is 5.11 Å². The molecule has 0 amide bonds. The fourth-order valence-corrected chi connectivity index (χ4v) is 1.24. The molecule has 0 saturated carbocycles. The van der Waals surface area contributed by atoms with E-state index in [2.05, 4.69) is 29.1 Å². The maximum atomic E-state index is 9.20. The molecule has 0 aliphatic rings. The molecule has 90 valence electrons. The topological polar surface area (TPSA) is 78.3 Å². The fourth-order valence-electron chi connectivity index (χ4n) is 1.24. The summed E-state index contributed by atoms with van der Waals surface area (Å²) in [6.07, 6.45) is -0.786. The number of aryl methyl sites for hydroxylation is 1. The van der Waals surface area contributed by atoms with E-state index in [0.717, 1.165) is 11.4 Å². The van der Waals surface area contributed by atoms with Gasteiger partial charge in [0, 0.05) is 17.9 Å². The molecular formula is C11H19N3O2. The van der Waals surface area contributed by atoms with Gasteiger partial charge < -0.3 is 15.5 Å². The Labute approximate surface area is 95.6 Å². The van der Waals surface area contributed by atoms with Gasteiger partial charge >= 0.3 is 0 Å². The van der Waals surface area contributed by atoms with Crippen molar-refractivity contribution < 1.29 is 10.2 Å². The zero-order valence-electron chi connectivity index (χ0n) is 9.94. The van der Waals surface area contributed by atoms with Crippen LogP contribution in [-0.4, -0.2) is 39.4 Å². The molecule has 1 rings (SSSR count). The van der Waals surface area contributed by atoms with Crippen LogP contribution < -0.4 is 5.32 Å². The van der Waals surface area contributed by atoms with Gasteiger partial charge in [0.2, 0.25) is 5.95 Å². The van der Waals surface area contributed by atoms with Gasteiger partial charge in [-0.2, -0.15) is 0 Å². The third kappa shape index (κ3) is 3.75. The highest BCUT2D eigenvalue weighted by atomic mass is 16.3. The largest absolute Gasteiger partial charge is 0.394 e. The molecule has 3 N–H and O–H groups in total. The Morgan fingerprint density at radius 3 is 2.62 bits per heavy atom. The van der Waals surface area contributed by atoms with Crippen molar-refractivity contribution in [1.29, 1.82) is 0 Å². The predicted molar refractivity (Wildman–Crippen MR) is 62.4 cm³/mol. The van der Waals surface area contributed by atoms with Crippen LogP contribution >= 0.6 is 0 Å². The van der Waals surface area contributed by atoms with Gasteiger partial charge in [-0.15, -0.1) is 0 Å². The van der Waals surface area contributed by atoms with Crippen LogP contribution in [0.3, 0.4) is 0 Å². The quantitative estimate of drug-likeness (QED) is 0.686. The van der Waals surface area contributed by atoms with Crippen molar-refractivity contribution in [3.63, 3.8) is 0 Å². The van der Waals surface area contributed by atoms with E-state index in [4.69, 9.17) is 5.11 Å². The Bertz CT molecular complexity index is 342. The number of anilines is 1. The van der Waals surface area contributed by atoms with Crippen LogP contribution in [0.1, 0.15) is 31.2 Å². The van der Waals surface area contributed by atoms with Gasteiger partial charge in [0.15, 0.2) is 0 Å². The van der Waals surface area contributed by atoms with Gasteiger partial charge in [0.1, 0.15) is 0 Å². The molecule has 0 aliphatic carbocycles. The normalized spacial score (nSPS) is 12.9. The van der Waals surface area contributed by atoms with Crippen LogP contribution in [-0.2, 0) is 0 Å². The number of nitrogens with one attached hydrogen (secondary N) is 1. The lowest BCUT2D eigenvalue weighted by molar-refractivity contribution is 0.105. The number of aliphatic hydroxyl groups is 2. The predicted octanol–water partition coefficient (Wildman–Crippen LogP) is 0.674. The summed E-state index contributed by atoms with van der Waals surface area (Å²) >= 11 is 0. The summed E-state index contributed by atoms with van der Waals surface area (Å²) in [6, 6.07) is 1.94. The average Bonchev–Trinajstić information content (AvgIpc) is 2.25. The number of hydrogen-bond acceptors (Lipinski definition) is 5. The maximum Gasteiger partial charge on any atom is 0.223 e. The first-order chi connectivity index (χ1) is 7.52. The monoisotopic (exact) mass is 225 g/mol. The number of rotatable bonds is 5. The van der Waals surface area contributed by atoms with Gasteiger partial charge in [0.05, 0.1) is 12.7 Å². The third-order valence-electron chi connectivity index (χ3n) is 2.17. The standard InChI is InChI=1S/C11H19N3O2/c1-7(2)10-4-8(3)13-11(14-10)12-5-9(16)6-15/h4,7,9,15-16H,5-6H2,1-3H3,(H,12,13,14). The summed E-state index contributed by atoms with van der Waals surface area (Å²) < 4.78 is 0. The molecule has 5 heteroatoms. The molecule has 1 unspecified atom stereocenters. The minimum atomic E-state index is -0.786. The summed E-state index contributed by atoms with van der Waals surface area (Å²) in [5.41, 5.74) is 1.85. The lowest BCUT2D eigenvalue weighted by Gasteiger charge is -2.11. The van der Waals surface area contributed by atoms with Gasteiger partial charge in [-0.25, -0.2) is 9.97 Å². The second-order valence-corrected chi connectivity index (χ2v) is 4.13. The first kappa shape index (κ1) is 12.9. The lowest BCUT2D eigenvalue weighted by atomic mass is 10.1. The van der Waals surface area contributed by atoms with Crippen molar-refractivity contribution in [2.24, 2.45) is 0 Å². The van der Waals surface area contributed by atoms with Crippen LogP contribution in [0.15, 0.2) is 6.07 Å². The highest BCUT2D eigenvalue weighted by Gasteiger charge is 2.07. The SMILES string of the molecule is Cc1cc(C(C)C)nc(NCC(O)CO)n1. The number of hydrogen-bond donors (Lipinski definition) is 3. The minimum absolute atomic E-state index is 0.248. The van der Waals surface area contributed by atoms with E-state index in [1.807, 2.05) is 13.0 Å². The van der Waals surface area contributed by atoms with E-state index in [1.54, 1.807) is 0 Å². The van der Waals surface area contributed by atoms with Crippen LogP contribution in [0.2, 0.25) is 0 Å². The zero-order valence-corrected chi connectivity index (χ0v) is 9.94. The van der Waals surface area contributed by atoms with Crippen LogP contribution in [0.5, 0.6) is 0 Å². The first-order valence-corrected chi connectivity index (χ1v) is 5.41. The molecule has 0 bridgehead atoms. The summed E-state index contributed by atoms with van der Waals surface area (Å²) in [4.78, 5) is 8.53. The highest BCUT2D eigenvalue weighted by Crippen LogP contribution is 2.14. The van der Waals surface area contributed by atoms with Crippen molar-refractivity contribution in [2.45, 2.75) is 32.8 Å². The highest BCUT2D eigenvalue weighted by molar-refractivity contribution is 5.29. The lowest BCUT2D eigenvalue weighted by Crippen LogP contribution is -2.24. The van der Waals surface area contributed by atoms with Gasteiger partial charge in [-0.05, 0) is 18.9 Å². The molecule has 1 atom stereocenters. The van der Waals surface area contributed by atoms with Gasteiger partial charge in [-0.1, -0.05) is 13.8 Å². The number of aromatic nitrogens is 2. The molecule has 0 aliphatic heterocycles. The molecule has 0 fully saturated rings. The van der Waals surface area contributed by atoms with Crippen LogP contribution in [0.4, 0.5) is 5.95 Å². The molecule has 0 saturated heterocycles. The molecule has 1 heterocycles. The van der Waals surface area contributed by atoms with Crippen molar-refractivity contribution in [3.8, 4) is 0 Å². The van der Waals surface area contributed by atoms with Crippen molar-refractivity contribution in [2.75, 3.05) is 18.5 Å². The van der Waals surface area contributed by atoms with Crippen molar-refractivity contribution >= 4 is 5.95 Å². The minimum Gasteiger partial charge on any atom is -0.394 e. The molecule has 1 aromatic rings. The molecule has 0 aromatic carbocycles. The van der Waals surface area contributed by atoms with E-state index in [-0.39, 0.29) is 13.2 Å². The van der Waals surface area contributed by atoms with Gasteiger partial charge in [0.25, 0.3) is 0 Å². The Morgan fingerprint density at radius 1 is 1.38 bits per heavy atom. The van der Waals surface area contributed by atoms with Crippen molar-refractivity contribution in [3.05, 3.63) is 17.5 Å².